The summed E-state index contributed by atoms with van der Waals surface area (Å²) in [6.45, 7) is 1.98. The molecule has 0 aromatic heterocycles. The minimum absolute atomic E-state index is 0.0684. The van der Waals surface area contributed by atoms with Crippen molar-refractivity contribution in [3.8, 4) is 11.5 Å². The van der Waals surface area contributed by atoms with Crippen molar-refractivity contribution in [1.82, 2.24) is 0 Å². The van der Waals surface area contributed by atoms with Gasteiger partial charge in [-0.2, -0.15) is 0 Å². The number of fused-ring (bicyclic) bond motifs is 1. The zero-order valence-corrected chi connectivity index (χ0v) is 16.1. The second-order valence-corrected chi connectivity index (χ2v) is 7.15. The van der Waals surface area contributed by atoms with E-state index in [2.05, 4.69) is 0 Å². The lowest BCUT2D eigenvalue weighted by molar-refractivity contribution is -0.0180. The molecule has 0 N–H and O–H groups in total. The van der Waals surface area contributed by atoms with E-state index >= 15 is 0 Å². The van der Waals surface area contributed by atoms with Gasteiger partial charge in [-0.25, -0.2) is 4.79 Å². The molecule has 2 aromatic carbocycles. The first-order valence-corrected chi connectivity index (χ1v) is 9.60. The predicted molar refractivity (Wildman–Crippen MR) is 102 cm³/mol. The van der Waals surface area contributed by atoms with E-state index in [4.69, 9.17) is 35.3 Å². The van der Waals surface area contributed by atoms with E-state index in [0.717, 1.165) is 30.6 Å². The monoisotopic (exact) mass is 404 g/mol. The van der Waals surface area contributed by atoms with Crippen LogP contribution in [0.25, 0.3) is 0 Å². The first-order valence-electron chi connectivity index (χ1n) is 9.22. The molecule has 1 fully saturated rings. The van der Waals surface area contributed by atoms with E-state index in [9.17, 15) is 4.79 Å². The maximum absolute atomic E-state index is 12.4. The highest BCUT2D eigenvalue weighted by molar-refractivity contribution is 6.30. The normalized spacial score (nSPS) is 18.2. The van der Waals surface area contributed by atoms with Gasteiger partial charge in [0, 0.05) is 22.8 Å². The van der Waals surface area contributed by atoms with E-state index in [0.29, 0.717) is 35.3 Å². The highest BCUT2D eigenvalue weighted by Crippen LogP contribution is 2.32. The van der Waals surface area contributed by atoms with Crippen LogP contribution in [0.3, 0.4) is 0 Å². The lowest BCUT2D eigenvalue weighted by Crippen LogP contribution is -2.16. The van der Waals surface area contributed by atoms with Crippen LogP contribution in [0.2, 0.25) is 5.02 Å². The Bertz CT molecular complexity index is 830. The van der Waals surface area contributed by atoms with E-state index in [1.54, 1.807) is 36.4 Å². The molecule has 0 bridgehead atoms. The molecule has 0 saturated carbocycles. The number of carbonyl (C=O) groups excluding carboxylic acids is 1. The summed E-state index contributed by atoms with van der Waals surface area (Å²) in [5, 5.41) is 0.548. The molecule has 4 rings (SSSR count). The zero-order valence-electron chi connectivity index (χ0n) is 15.3. The van der Waals surface area contributed by atoms with Gasteiger partial charge in [0.15, 0.2) is 6.79 Å². The molecule has 1 saturated heterocycles. The Morgan fingerprint density at radius 3 is 2.86 bits per heavy atom. The second kappa shape index (κ2) is 8.82. The average Bonchev–Trinajstić information content (AvgIpc) is 3.24. The summed E-state index contributed by atoms with van der Waals surface area (Å²) in [7, 11) is 0. The minimum Gasteiger partial charge on any atom is -0.491 e. The van der Waals surface area contributed by atoms with Gasteiger partial charge >= 0.3 is 5.97 Å². The van der Waals surface area contributed by atoms with Crippen LogP contribution in [0.1, 0.15) is 34.3 Å². The number of hydrogen-bond donors (Lipinski definition) is 0. The first-order chi connectivity index (χ1) is 13.7. The molecule has 0 unspecified atom stereocenters. The summed E-state index contributed by atoms with van der Waals surface area (Å²) in [5.41, 5.74) is 2.01. The van der Waals surface area contributed by atoms with Crippen molar-refractivity contribution in [1.29, 1.82) is 0 Å². The van der Waals surface area contributed by atoms with Gasteiger partial charge in [0.1, 0.15) is 24.7 Å². The number of benzene rings is 2. The summed E-state index contributed by atoms with van der Waals surface area (Å²) in [5.74, 6) is 0.942. The summed E-state index contributed by atoms with van der Waals surface area (Å²) in [4.78, 5) is 12.4. The largest absolute Gasteiger partial charge is 0.491 e. The van der Waals surface area contributed by atoms with E-state index < -0.39 is 5.97 Å². The Balaban J connectivity index is 1.34. The molecule has 0 spiro atoms. The van der Waals surface area contributed by atoms with Crippen molar-refractivity contribution in [2.45, 2.75) is 32.2 Å². The van der Waals surface area contributed by atoms with Gasteiger partial charge in [-0.05, 0) is 49.2 Å². The summed E-state index contributed by atoms with van der Waals surface area (Å²) in [6, 6.07) is 10.4. The number of carbonyl (C=O) groups is 1. The van der Waals surface area contributed by atoms with Gasteiger partial charge in [0.2, 0.25) is 0 Å². The summed E-state index contributed by atoms with van der Waals surface area (Å²) < 4.78 is 27.5. The van der Waals surface area contributed by atoms with Crippen LogP contribution in [0.5, 0.6) is 11.5 Å². The quantitative estimate of drug-likeness (QED) is 0.675. The number of hydrogen-bond acceptors (Lipinski definition) is 6. The van der Waals surface area contributed by atoms with Crippen molar-refractivity contribution in [2.75, 3.05) is 20.0 Å². The highest BCUT2D eigenvalue weighted by atomic mass is 35.5. The molecule has 28 heavy (non-hydrogen) atoms. The maximum Gasteiger partial charge on any atom is 0.338 e. The van der Waals surface area contributed by atoms with Gasteiger partial charge in [0.05, 0.1) is 18.3 Å². The van der Waals surface area contributed by atoms with Crippen molar-refractivity contribution >= 4 is 17.6 Å². The second-order valence-electron chi connectivity index (χ2n) is 6.71. The Morgan fingerprint density at radius 1 is 1.21 bits per heavy atom. The molecule has 2 heterocycles. The van der Waals surface area contributed by atoms with Gasteiger partial charge in [0.25, 0.3) is 0 Å². The Labute approximate surface area is 168 Å². The lowest BCUT2D eigenvalue weighted by Gasteiger charge is -2.21. The third kappa shape index (κ3) is 4.58. The molecule has 6 nitrogen and oxygen atoms in total. The molecule has 148 valence electrons. The summed E-state index contributed by atoms with van der Waals surface area (Å²) >= 11 is 6.13. The fourth-order valence-electron chi connectivity index (χ4n) is 3.24. The van der Waals surface area contributed by atoms with E-state index in [1.165, 1.54) is 0 Å². The molecule has 2 aliphatic heterocycles. The molecule has 0 amide bonds. The molecular weight excluding hydrogens is 384 g/mol. The van der Waals surface area contributed by atoms with Gasteiger partial charge < -0.3 is 23.7 Å². The van der Waals surface area contributed by atoms with Crippen LogP contribution in [-0.2, 0) is 27.4 Å². The number of esters is 1. The topological polar surface area (TPSA) is 63.2 Å². The smallest absolute Gasteiger partial charge is 0.338 e. The predicted octanol–water partition coefficient (Wildman–Crippen LogP) is 4.12. The Hall–Kier alpha value is -2.28. The van der Waals surface area contributed by atoms with Crippen LogP contribution in [0, 0.1) is 0 Å². The van der Waals surface area contributed by atoms with Gasteiger partial charge in [-0.3, -0.25) is 0 Å². The molecule has 1 atom stereocenters. The third-order valence-corrected chi connectivity index (χ3v) is 4.88. The standard InChI is InChI=1S/C21H21ClO6/c22-17-8-15-10-24-13-28-20(15)16(9-17)11-27-21(23)14-3-5-18(6-4-14)26-12-19-2-1-7-25-19/h3-6,8-9,19H,1-2,7,10-13H2/t19-/m0/s1. The first kappa shape index (κ1) is 19.1. The van der Waals surface area contributed by atoms with Crippen molar-refractivity contribution in [2.24, 2.45) is 0 Å². The fourth-order valence-corrected chi connectivity index (χ4v) is 3.51. The van der Waals surface area contributed by atoms with Crippen LogP contribution >= 0.6 is 11.6 Å². The molecule has 0 aliphatic carbocycles. The third-order valence-electron chi connectivity index (χ3n) is 4.66. The highest BCUT2D eigenvalue weighted by Gasteiger charge is 2.19. The fraction of sp³-hybridized carbons (Fsp3) is 0.381. The van der Waals surface area contributed by atoms with Gasteiger partial charge in [-0.1, -0.05) is 11.6 Å². The molecule has 0 radical (unpaired) electrons. The van der Waals surface area contributed by atoms with E-state index in [1.807, 2.05) is 0 Å². The van der Waals surface area contributed by atoms with Gasteiger partial charge in [-0.15, -0.1) is 0 Å². The van der Waals surface area contributed by atoms with Crippen molar-refractivity contribution in [3.63, 3.8) is 0 Å². The minimum atomic E-state index is -0.425. The van der Waals surface area contributed by atoms with Crippen LogP contribution in [0.4, 0.5) is 0 Å². The average molecular weight is 405 g/mol. The SMILES string of the molecule is O=C(OCc1cc(Cl)cc2c1OCOC2)c1ccc(OC[C@@H]2CCCO2)cc1. The zero-order chi connectivity index (χ0) is 19.3. The Morgan fingerprint density at radius 2 is 2.07 bits per heavy atom. The van der Waals surface area contributed by atoms with Crippen LogP contribution < -0.4 is 9.47 Å². The number of rotatable bonds is 6. The molecule has 2 aromatic rings. The van der Waals surface area contributed by atoms with E-state index in [-0.39, 0.29) is 19.5 Å². The van der Waals surface area contributed by atoms with Crippen molar-refractivity contribution < 1.29 is 28.5 Å². The maximum atomic E-state index is 12.4. The van der Waals surface area contributed by atoms with Crippen LogP contribution in [0.15, 0.2) is 36.4 Å². The molecule has 7 heteroatoms. The number of ether oxygens (including phenoxy) is 5. The van der Waals surface area contributed by atoms with Crippen LogP contribution in [-0.4, -0.2) is 32.1 Å². The molecular formula is C21H21ClO6. The number of halogens is 1. The molecule has 2 aliphatic rings. The lowest BCUT2D eigenvalue weighted by atomic mass is 10.1. The Kier molecular flexibility index (Phi) is 6.00. The summed E-state index contributed by atoms with van der Waals surface area (Å²) in [6.07, 6.45) is 2.25. The van der Waals surface area contributed by atoms with Crippen molar-refractivity contribution in [3.05, 3.63) is 58.1 Å².